The van der Waals surface area contributed by atoms with Crippen molar-refractivity contribution in [3.63, 3.8) is 0 Å². The minimum Gasteiger partial charge on any atom is -0.306 e. The van der Waals surface area contributed by atoms with Crippen molar-refractivity contribution in [2.75, 3.05) is 9.80 Å². The first kappa shape index (κ1) is 24.8. The van der Waals surface area contributed by atoms with Gasteiger partial charge < -0.3 is 9.80 Å². The molecule has 0 fully saturated rings. The smallest absolute Gasteiger partial charge is 0.170 e. The van der Waals surface area contributed by atoms with E-state index in [-0.39, 0.29) is 0 Å². The molecular formula is C38H27N5. The van der Waals surface area contributed by atoms with Gasteiger partial charge in [0, 0.05) is 22.5 Å². The predicted octanol–water partition coefficient (Wildman–Crippen LogP) is 9.85. The topological polar surface area (TPSA) is 37.2 Å². The van der Waals surface area contributed by atoms with Crippen LogP contribution < -0.4 is 9.80 Å². The first-order chi connectivity index (χ1) is 21.4. The van der Waals surface area contributed by atoms with Gasteiger partial charge in [0.2, 0.25) is 0 Å². The van der Waals surface area contributed by atoms with E-state index >= 15 is 0 Å². The number of fused-ring (bicyclic) bond motifs is 2. The van der Waals surface area contributed by atoms with E-state index in [0.717, 1.165) is 62.6 Å². The molecule has 2 heterocycles. The van der Waals surface area contributed by atoms with Crippen LogP contribution >= 0.6 is 0 Å². The first-order valence-corrected chi connectivity index (χ1v) is 14.4. The maximum absolute atomic E-state index is 4.85. The molecule has 0 saturated heterocycles. The summed E-state index contributed by atoms with van der Waals surface area (Å²) in [5, 5.41) is 9.60. The number of nitrogens with zero attached hydrogens (tertiary/aromatic N) is 5. The highest BCUT2D eigenvalue weighted by molar-refractivity contribution is 6.03. The fourth-order valence-corrected chi connectivity index (χ4v) is 5.97. The molecule has 0 spiro atoms. The van der Waals surface area contributed by atoms with Crippen molar-refractivity contribution in [3.05, 3.63) is 164 Å². The number of hydrogen-bond donors (Lipinski definition) is 0. The Morgan fingerprint density at radius 3 is 1.33 bits per heavy atom. The van der Waals surface area contributed by atoms with Gasteiger partial charge in [0.05, 0.1) is 28.4 Å². The minimum absolute atomic E-state index is 0.779. The van der Waals surface area contributed by atoms with Crippen molar-refractivity contribution in [1.82, 2.24) is 14.8 Å². The lowest BCUT2D eigenvalue weighted by Crippen LogP contribution is -2.24. The Morgan fingerprint density at radius 2 is 0.744 bits per heavy atom. The molecule has 0 aliphatic carbocycles. The molecule has 0 saturated carbocycles. The SMILES string of the molecule is c1ccc(-c2nnc(-c3ccccc3N3c4ccccc4N(c4ccccc4)c4ccccc43)n2-c2ccccc2)cc1. The van der Waals surface area contributed by atoms with Crippen LogP contribution in [0.1, 0.15) is 0 Å². The molecule has 1 aliphatic heterocycles. The molecule has 0 N–H and O–H groups in total. The van der Waals surface area contributed by atoms with Gasteiger partial charge in [-0.25, -0.2) is 0 Å². The molecule has 204 valence electrons. The van der Waals surface area contributed by atoms with Gasteiger partial charge >= 0.3 is 0 Å². The fraction of sp³-hybridized carbons (Fsp3) is 0. The molecule has 7 aromatic rings. The molecule has 5 heteroatoms. The lowest BCUT2D eigenvalue weighted by Gasteiger charge is -2.40. The Balaban J connectivity index is 1.37. The second-order valence-electron chi connectivity index (χ2n) is 10.4. The average molecular weight is 554 g/mol. The molecule has 43 heavy (non-hydrogen) atoms. The number of benzene rings is 6. The van der Waals surface area contributed by atoms with Crippen LogP contribution in [0.15, 0.2) is 164 Å². The van der Waals surface area contributed by atoms with Crippen LogP contribution in [0, 0.1) is 0 Å². The van der Waals surface area contributed by atoms with Crippen LogP contribution in [-0.4, -0.2) is 14.8 Å². The zero-order valence-corrected chi connectivity index (χ0v) is 23.3. The van der Waals surface area contributed by atoms with Gasteiger partial charge in [-0.05, 0) is 60.7 Å². The molecule has 1 aliphatic rings. The standard InChI is InChI=1S/C38H27N5/c1-4-16-28(17-5-1)37-39-40-38(42(37)30-20-8-3-9-21-30)31-22-10-11-23-32(31)43-35-26-14-12-24-33(35)41(29-18-6-2-7-19-29)34-25-13-15-27-36(34)43/h1-27H. The lowest BCUT2D eigenvalue weighted by molar-refractivity contribution is 1.07. The van der Waals surface area contributed by atoms with Crippen LogP contribution in [0.3, 0.4) is 0 Å². The number of aromatic nitrogens is 3. The Labute approximate surface area is 250 Å². The van der Waals surface area contributed by atoms with Crippen LogP contribution in [0.25, 0.3) is 28.5 Å². The van der Waals surface area contributed by atoms with E-state index in [1.807, 2.05) is 24.3 Å². The Kier molecular flexibility index (Phi) is 6.05. The molecule has 0 bridgehead atoms. The number of anilines is 6. The minimum atomic E-state index is 0.779. The van der Waals surface area contributed by atoms with Gasteiger partial charge in [-0.3, -0.25) is 4.57 Å². The summed E-state index contributed by atoms with van der Waals surface area (Å²) in [7, 11) is 0. The fourth-order valence-electron chi connectivity index (χ4n) is 5.97. The van der Waals surface area contributed by atoms with Crippen LogP contribution in [0.2, 0.25) is 0 Å². The quantitative estimate of drug-likeness (QED) is 0.213. The maximum Gasteiger partial charge on any atom is 0.170 e. The second-order valence-corrected chi connectivity index (χ2v) is 10.4. The van der Waals surface area contributed by atoms with E-state index in [9.17, 15) is 0 Å². The van der Waals surface area contributed by atoms with Crippen LogP contribution in [0.4, 0.5) is 34.1 Å². The number of rotatable bonds is 5. The largest absolute Gasteiger partial charge is 0.306 e. The predicted molar refractivity (Wildman–Crippen MR) is 175 cm³/mol. The highest BCUT2D eigenvalue weighted by Gasteiger charge is 2.32. The molecule has 0 atom stereocenters. The van der Waals surface area contributed by atoms with E-state index in [4.69, 9.17) is 10.2 Å². The van der Waals surface area contributed by atoms with Gasteiger partial charge in [0.25, 0.3) is 0 Å². The van der Waals surface area contributed by atoms with Crippen molar-refractivity contribution >= 4 is 34.1 Å². The Hall–Kier alpha value is -5.94. The van der Waals surface area contributed by atoms with E-state index in [1.54, 1.807) is 0 Å². The van der Waals surface area contributed by atoms with Gasteiger partial charge in [-0.15, -0.1) is 10.2 Å². The number of hydrogen-bond acceptors (Lipinski definition) is 4. The third kappa shape index (κ3) is 4.18. The average Bonchev–Trinajstić information content (AvgIpc) is 3.53. The van der Waals surface area contributed by atoms with Gasteiger partial charge in [0.15, 0.2) is 11.6 Å². The monoisotopic (exact) mass is 553 g/mol. The summed E-state index contributed by atoms with van der Waals surface area (Å²) >= 11 is 0. The van der Waals surface area contributed by atoms with Crippen LogP contribution in [-0.2, 0) is 0 Å². The van der Waals surface area contributed by atoms with Gasteiger partial charge in [0.1, 0.15) is 0 Å². The van der Waals surface area contributed by atoms with E-state index < -0.39 is 0 Å². The maximum atomic E-state index is 4.85. The summed E-state index contributed by atoms with van der Waals surface area (Å²) in [6.45, 7) is 0. The van der Waals surface area contributed by atoms with Crippen molar-refractivity contribution in [1.29, 1.82) is 0 Å². The summed E-state index contributed by atoms with van der Waals surface area (Å²) in [6.07, 6.45) is 0. The lowest BCUT2D eigenvalue weighted by atomic mass is 10.0. The van der Waals surface area contributed by atoms with Crippen molar-refractivity contribution in [2.45, 2.75) is 0 Å². The zero-order chi connectivity index (χ0) is 28.6. The molecule has 5 nitrogen and oxygen atoms in total. The molecule has 0 unspecified atom stereocenters. The highest BCUT2D eigenvalue weighted by atomic mass is 15.3. The summed E-state index contributed by atoms with van der Waals surface area (Å²) in [4.78, 5) is 4.69. The van der Waals surface area contributed by atoms with Gasteiger partial charge in [-0.2, -0.15) is 0 Å². The van der Waals surface area contributed by atoms with E-state index in [1.165, 1.54) is 0 Å². The third-order valence-corrected chi connectivity index (χ3v) is 7.84. The number of para-hydroxylation sites is 7. The first-order valence-electron chi connectivity index (χ1n) is 14.4. The Bertz CT molecular complexity index is 1990. The molecule has 0 radical (unpaired) electrons. The molecule has 8 rings (SSSR count). The highest BCUT2D eigenvalue weighted by Crippen LogP contribution is 2.55. The summed E-state index contributed by atoms with van der Waals surface area (Å²) in [6, 6.07) is 56.8. The Morgan fingerprint density at radius 1 is 0.326 bits per heavy atom. The second kappa shape index (κ2) is 10.5. The van der Waals surface area contributed by atoms with Gasteiger partial charge in [-0.1, -0.05) is 103 Å². The molecule has 1 aromatic heterocycles. The summed E-state index contributed by atoms with van der Waals surface area (Å²) in [5.41, 5.74) is 9.54. The van der Waals surface area contributed by atoms with E-state index in [0.29, 0.717) is 0 Å². The summed E-state index contributed by atoms with van der Waals surface area (Å²) < 4.78 is 2.16. The molecule has 6 aromatic carbocycles. The van der Waals surface area contributed by atoms with Crippen molar-refractivity contribution < 1.29 is 0 Å². The van der Waals surface area contributed by atoms with Crippen LogP contribution in [0.5, 0.6) is 0 Å². The normalized spacial score (nSPS) is 12.1. The van der Waals surface area contributed by atoms with Crippen molar-refractivity contribution in [2.24, 2.45) is 0 Å². The third-order valence-electron chi connectivity index (χ3n) is 7.84. The van der Waals surface area contributed by atoms with E-state index in [2.05, 4.69) is 154 Å². The molecule has 0 amide bonds. The molecular weight excluding hydrogens is 526 g/mol. The zero-order valence-electron chi connectivity index (χ0n) is 23.3. The van der Waals surface area contributed by atoms with Crippen molar-refractivity contribution in [3.8, 4) is 28.5 Å². The summed E-state index contributed by atoms with van der Waals surface area (Å²) in [5.74, 6) is 1.58.